The van der Waals surface area contributed by atoms with Crippen LogP contribution in [-0.2, 0) is 27.3 Å². The number of ether oxygens (including phenoxy) is 2. The number of Topliss-reactive ketones (excluding diaryl/α,β-unsaturated/α-hetero) is 1. The molecule has 0 unspecified atom stereocenters. The molecule has 2 aromatic carbocycles. The molecule has 2 heterocycles. The summed E-state index contributed by atoms with van der Waals surface area (Å²) < 4.78 is 10.6. The summed E-state index contributed by atoms with van der Waals surface area (Å²) in [5, 5.41) is 0. The number of nitrogens with zero attached hydrogens (tertiary/aromatic N) is 1. The number of esters is 1. The average Bonchev–Trinajstić information content (AvgIpc) is 3.07. The van der Waals surface area contributed by atoms with Gasteiger partial charge >= 0.3 is 5.97 Å². The quantitative estimate of drug-likeness (QED) is 0.556. The van der Waals surface area contributed by atoms with E-state index in [1.807, 2.05) is 48.5 Å². The lowest BCUT2D eigenvalue weighted by Gasteiger charge is -2.45. The Bertz CT molecular complexity index is 897. The highest BCUT2D eigenvalue weighted by atomic mass is 16.5. The zero-order chi connectivity index (χ0) is 20.4. The van der Waals surface area contributed by atoms with Crippen LogP contribution < -0.4 is 4.74 Å². The second-order valence-electron chi connectivity index (χ2n) is 8.02. The predicted molar refractivity (Wildman–Crippen MR) is 110 cm³/mol. The summed E-state index contributed by atoms with van der Waals surface area (Å²) in [6.45, 7) is 0.688. The molecule has 0 radical (unpaired) electrons. The van der Waals surface area contributed by atoms with Crippen LogP contribution in [0.3, 0.4) is 0 Å². The fraction of sp³-hybridized carbons (Fsp3) is 0.417. The minimum atomic E-state index is -1.15. The average molecular weight is 393 g/mol. The zero-order valence-corrected chi connectivity index (χ0v) is 17.0. The molecule has 2 saturated heterocycles. The summed E-state index contributed by atoms with van der Waals surface area (Å²) in [7, 11) is 3.04. The number of hydrogen-bond acceptors (Lipinski definition) is 5. The van der Waals surface area contributed by atoms with Gasteiger partial charge in [-0.05, 0) is 42.5 Å². The van der Waals surface area contributed by atoms with Gasteiger partial charge in [-0.25, -0.2) is 0 Å². The van der Waals surface area contributed by atoms with Crippen molar-refractivity contribution in [3.8, 4) is 5.75 Å². The largest absolute Gasteiger partial charge is 0.497 e. The van der Waals surface area contributed by atoms with E-state index in [0.717, 1.165) is 29.7 Å². The highest BCUT2D eigenvalue weighted by molar-refractivity contribution is 6.06. The van der Waals surface area contributed by atoms with Crippen molar-refractivity contribution in [3.05, 3.63) is 65.7 Å². The molecule has 0 spiro atoms. The van der Waals surface area contributed by atoms with Gasteiger partial charge in [0.05, 0.1) is 14.2 Å². The summed E-state index contributed by atoms with van der Waals surface area (Å²) in [5.41, 5.74) is 0.953. The summed E-state index contributed by atoms with van der Waals surface area (Å²) >= 11 is 0. The third-order valence-corrected chi connectivity index (χ3v) is 6.50. The van der Waals surface area contributed by atoms with Gasteiger partial charge in [0, 0.05) is 25.0 Å². The van der Waals surface area contributed by atoms with Crippen molar-refractivity contribution in [2.45, 2.75) is 44.3 Å². The number of methoxy groups -OCH3 is 2. The van der Waals surface area contributed by atoms with Gasteiger partial charge < -0.3 is 9.47 Å². The highest BCUT2D eigenvalue weighted by Crippen LogP contribution is 2.48. The van der Waals surface area contributed by atoms with Crippen molar-refractivity contribution in [2.75, 3.05) is 14.2 Å². The monoisotopic (exact) mass is 393 g/mol. The molecule has 152 valence electrons. The Hall–Kier alpha value is -2.66. The molecular weight excluding hydrogens is 366 g/mol. The Labute approximate surface area is 171 Å². The molecule has 5 nitrogen and oxygen atoms in total. The molecule has 2 fully saturated rings. The highest BCUT2D eigenvalue weighted by Gasteiger charge is 2.61. The van der Waals surface area contributed by atoms with Crippen molar-refractivity contribution in [2.24, 2.45) is 5.41 Å². The van der Waals surface area contributed by atoms with E-state index in [2.05, 4.69) is 11.0 Å². The van der Waals surface area contributed by atoms with Crippen molar-refractivity contribution in [3.63, 3.8) is 0 Å². The molecule has 2 aliphatic rings. The number of rotatable bonds is 6. The molecule has 2 aromatic rings. The topological polar surface area (TPSA) is 55.8 Å². The van der Waals surface area contributed by atoms with Crippen molar-refractivity contribution >= 4 is 11.8 Å². The van der Waals surface area contributed by atoms with Crippen LogP contribution in [0.15, 0.2) is 54.6 Å². The van der Waals surface area contributed by atoms with E-state index in [1.54, 1.807) is 7.11 Å². The van der Waals surface area contributed by atoms with Crippen LogP contribution in [0.25, 0.3) is 0 Å². The molecule has 0 aliphatic carbocycles. The summed E-state index contributed by atoms with van der Waals surface area (Å²) in [6, 6.07) is 17.8. The van der Waals surface area contributed by atoms with Crippen LogP contribution in [0.4, 0.5) is 0 Å². The van der Waals surface area contributed by atoms with E-state index in [0.29, 0.717) is 19.4 Å². The smallest absolute Gasteiger partial charge is 0.321 e. The van der Waals surface area contributed by atoms with E-state index in [1.165, 1.54) is 7.11 Å². The van der Waals surface area contributed by atoms with Gasteiger partial charge in [0.2, 0.25) is 0 Å². The van der Waals surface area contributed by atoms with Crippen LogP contribution in [0, 0.1) is 5.41 Å². The van der Waals surface area contributed by atoms with Crippen molar-refractivity contribution in [1.29, 1.82) is 0 Å². The van der Waals surface area contributed by atoms with E-state index >= 15 is 0 Å². The van der Waals surface area contributed by atoms with Crippen LogP contribution in [-0.4, -0.2) is 43.0 Å². The van der Waals surface area contributed by atoms with Gasteiger partial charge in [-0.3, -0.25) is 14.5 Å². The first-order valence-corrected chi connectivity index (χ1v) is 10.1. The van der Waals surface area contributed by atoms with E-state index < -0.39 is 11.4 Å². The first-order chi connectivity index (χ1) is 14.1. The lowest BCUT2D eigenvalue weighted by molar-refractivity contribution is -0.167. The van der Waals surface area contributed by atoms with E-state index in [9.17, 15) is 9.59 Å². The third-order valence-electron chi connectivity index (χ3n) is 6.50. The molecule has 3 atom stereocenters. The SMILES string of the molecule is COC(=O)[C@@]1(Cc2ccccc2)C(=O)C[C@@H]2CC[C@H]1N2Cc1cccc(OC)c1. The summed E-state index contributed by atoms with van der Waals surface area (Å²) in [4.78, 5) is 28.8. The maximum absolute atomic E-state index is 13.3. The minimum Gasteiger partial charge on any atom is -0.497 e. The molecule has 0 saturated carbocycles. The van der Waals surface area contributed by atoms with Crippen LogP contribution in [0.5, 0.6) is 5.75 Å². The molecular formula is C24H27NO4. The Morgan fingerprint density at radius 1 is 1.07 bits per heavy atom. The first kappa shape index (κ1) is 19.6. The molecule has 2 aliphatic heterocycles. The maximum atomic E-state index is 13.3. The molecule has 4 rings (SSSR count). The number of carbonyl (C=O) groups excluding carboxylic acids is 2. The second kappa shape index (κ2) is 7.99. The van der Waals surface area contributed by atoms with E-state index in [-0.39, 0.29) is 17.9 Å². The fourth-order valence-electron chi connectivity index (χ4n) is 5.13. The van der Waals surface area contributed by atoms with Gasteiger partial charge in [-0.2, -0.15) is 0 Å². The van der Waals surface area contributed by atoms with Gasteiger partial charge in [-0.15, -0.1) is 0 Å². The van der Waals surface area contributed by atoms with Gasteiger partial charge in [-0.1, -0.05) is 42.5 Å². The molecule has 2 bridgehead atoms. The number of hydrogen-bond donors (Lipinski definition) is 0. The standard InChI is InChI=1S/C24H27NO4/c1-28-20-10-6-9-18(13-20)16-25-19-11-12-21(25)24(22(26)14-19,23(27)29-2)15-17-7-4-3-5-8-17/h3-10,13,19,21H,11-12,14-16H2,1-2H3/t19-,21+,24+/m0/s1. The predicted octanol–water partition coefficient (Wildman–Crippen LogP) is 3.40. The van der Waals surface area contributed by atoms with E-state index in [4.69, 9.17) is 9.47 Å². The molecule has 29 heavy (non-hydrogen) atoms. The van der Waals surface area contributed by atoms with Crippen molar-refractivity contribution in [1.82, 2.24) is 4.90 Å². The normalized spacial score (nSPS) is 26.3. The number of ketones is 1. The van der Waals surface area contributed by atoms with Crippen LogP contribution >= 0.6 is 0 Å². The Balaban J connectivity index is 1.70. The Kier molecular flexibility index (Phi) is 5.41. The Morgan fingerprint density at radius 2 is 1.83 bits per heavy atom. The number of benzene rings is 2. The minimum absolute atomic E-state index is 0.0163. The number of carbonyl (C=O) groups is 2. The maximum Gasteiger partial charge on any atom is 0.321 e. The first-order valence-electron chi connectivity index (χ1n) is 10.1. The molecule has 0 aromatic heterocycles. The lowest BCUT2D eigenvalue weighted by Crippen LogP contribution is -2.61. The second-order valence-corrected chi connectivity index (χ2v) is 8.02. The van der Waals surface area contributed by atoms with Crippen molar-refractivity contribution < 1.29 is 19.1 Å². The number of piperidine rings is 1. The molecule has 0 N–H and O–H groups in total. The number of fused-ring (bicyclic) bond motifs is 2. The summed E-state index contributed by atoms with van der Waals surface area (Å²) in [5.74, 6) is 0.418. The fourth-order valence-corrected chi connectivity index (χ4v) is 5.13. The third kappa shape index (κ3) is 3.44. The summed E-state index contributed by atoms with van der Waals surface area (Å²) in [6.07, 6.45) is 2.52. The van der Waals surface area contributed by atoms with Gasteiger partial charge in [0.15, 0.2) is 5.78 Å². The van der Waals surface area contributed by atoms with Gasteiger partial charge in [0.1, 0.15) is 11.2 Å². The van der Waals surface area contributed by atoms with Crippen LogP contribution in [0.1, 0.15) is 30.4 Å². The van der Waals surface area contributed by atoms with Gasteiger partial charge in [0.25, 0.3) is 0 Å². The molecule has 5 heteroatoms. The molecule has 0 amide bonds. The lowest BCUT2D eigenvalue weighted by atomic mass is 9.68. The van der Waals surface area contributed by atoms with Crippen LogP contribution in [0.2, 0.25) is 0 Å². The zero-order valence-electron chi connectivity index (χ0n) is 17.0. The Morgan fingerprint density at radius 3 is 2.55 bits per heavy atom.